The number of benzene rings is 2. The van der Waals surface area contributed by atoms with E-state index < -0.39 is 17.4 Å². The summed E-state index contributed by atoms with van der Waals surface area (Å²) < 4.78 is 32.4. The lowest BCUT2D eigenvalue weighted by Gasteiger charge is -2.06. The Hall–Kier alpha value is -2.82. The highest BCUT2D eigenvalue weighted by Crippen LogP contribution is 2.22. The summed E-state index contributed by atoms with van der Waals surface area (Å²) in [6.45, 7) is 5.45. The highest BCUT2D eigenvalue weighted by Gasteiger charge is 2.11. The number of nitrogens with zero attached hydrogens (tertiary/aromatic N) is 2. The molecule has 0 spiro atoms. The van der Waals surface area contributed by atoms with Crippen molar-refractivity contribution in [2.75, 3.05) is 6.61 Å². The summed E-state index contributed by atoms with van der Waals surface area (Å²) in [7, 11) is 0. The summed E-state index contributed by atoms with van der Waals surface area (Å²) in [5.41, 5.74) is 2.29. The Kier molecular flexibility index (Phi) is 5.74. The highest BCUT2D eigenvalue weighted by atomic mass is 19.1. The van der Waals surface area contributed by atoms with E-state index in [1.54, 1.807) is 6.21 Å². The molecule has 0 atom stereocenters. The lowest BCUT2D eigenvalue weighted by atomic mass is 10.2. The minimum absolute atomic E-state index is 0.0299. The SMILES string of the molecule is C=CCOc1c(F)cc(C=NN=Cc2ccc(C)cc2)cc1F. The van der Waals surface area contributed by atoms with Crippen molar-refractivity contribution in [2.45, 2.75) is 6.92 Å². The second kappa shape index (κ2) is 7.98. The maximum atomic E-state index is 13.7. The zero-order chi connectivity index (χ0) is 16.7. The maximum Gasteiger partial charge on any atom is 0.191 e. The Labute approximate surface area is 133 Å². The Bertz CT molecular complexity index is 714. The molecule has 0 radical (unpaired) electrons. The normalized spacial score (nSPS) is 11.3. The molecule has 0 N–H and O–H groups in total. The van der Waals surface area contributed by atoms with Crippen molar-refractivity contribution >= 4 is 12.4 Å². The van der Waals surface area contributed by atoms with Gasteiger partial charge in [-0.2, -0.15) is 10.2 Å². The molecule has 23 heavy (non-hydrogen) atoms. The molecule has 118 valence electrons. The molecule has 0 bridgehead atoms. The molecular formula is C18H16F2N2O. The van der Waals surface area contributed by atoms with Crippen LogP contribution in [0.15, 0.2) is 59.3 Å². The minimum atomic E-state index is -0.796. The molecule has 0 saturated heterocycles. The van der Waals surface area contributed by atoms with Crippen LogP contribution in [0.3, 0.4) is 0 Å². The molecule has 0 aliphatic carbocycles. The molecule has 5 heteroatoms. The predicted octanol–water partition coefficient (Wildman–Crippen LogP) is 4.29. The Balaban J connectivity index is 2.07. The average molecular weight is 314 g/mol. The number of rotatable bonds is 6. The van der Waals surface area contributed by atoms with Gasteiger partial charge in [-0.3, -0.25) is 0 Å². The van der Waals surface area contributed by atoms with E-state index in [1.165, 1.54) is 12.3 Å². The molecule has 2 aromatic rings. The largest absolute Gasteiger partial charge is 0.483 e. The lowest BCUT2D eigenvalue weighted by Crippen LogP contribution is -2.00. The van der Waals surface area contributed by atoms with E-state index in [1.807, 2.05) is 31.2 Å². The van der Waals surface area contributed by atoms with Crippen LogP contribution in [-0.4, -0.2) is 19.0 Å². The Morgan fingerprint density at radius 1 is 1.00 bits per heavy atom. The topological polar surface area (TPSA) is 34.0 Å². The van der Waals surface area contributed by atoms with E-state index >= 15 is 0 Å². The van der Waals surface area contributed by atoms with Crippen LogP contribution in [0, 0.1) is 18.6 Å². The van der Waals surface area contributed by atoms with Crippen molar-refractivity contribution in [3.63, 3.8) is 0 Å². The number of ether oxygens (including phenoxy) is 1. The summed E-state index contributed by atoms with van der Waals surface area (Å²) in [6, 6.07) is 9.98. The second-order valence-electron chi connectivity index (χ2n) is 4.81. The summed E-state index contributed by atoms with van der Waals surface area (Å²) in [6.07, 6.45) is 4.24. The van der Waals surface area contributed by atoms with Gasteiger partial charge in [0.05, 0.1) is 12.4 Å². The van der Waals surface area contributed by atoms with E-state index in [-0.39, 0.29) is 12.2 Å². The molecule has 0 fully saturated rings. The van der Waals surface area contributed by atoms with Crippen LogP contribution in [0.25, 0.3) is 0 Å². The second-order valence-corrected chi connectivity index (χ2v) is 4.81. The van der Waals surface area contributed by atoms with Crippen molar-refractivity contribution < 1.29 is 13.5 Å². The molecule has 2 rings (SSSR count). The number of hydrogen-bond acceptors (Lipinski definition) is 3. The molecule has 0 aromatic heterocycles. The molecular weight excluding hydrogens is 298 g/mol. The van der Waals surface area contributed by atoms with Crippen molar-refractivity contribution in [1.82, 2.24) is 0 Å². The van der Waals surface area contributed by atoms with Crippen LogP contribution < -0.4 is 4.74 Å². The standard InChI is InChI=1S/C18H16F2N2O/c1-3-8-23-18-16(19)9-15(10-17(18)20)12-22-21-11-14-6-4-13(2)5-7-14/h3-7,9-12H,1,8H2,2H3. The quantitative estimate of drug-likeness (QED) is 0.445. The third-order valence-electron chi connectivity index (χ3n) is 2.92. The Morgan fingerprint density at radius 3 is 2.13 bits per heavy atom. The van der Waals surface area contributed by atoms with Gasteiger partial charge in [-0.25, -0.2) is 8.78 Å². The summed E-state index contributed by atoms with van der Waals surface area (Å²) in [5.74, 6) is -2.02. The minimum Gasteiger partial charge on any atom is -0.483 e. The van der Waals surface area contributed by atoms with Crippen LogP contribution in [0.1, 0.15) is 16.7 Å². The molecule has 0 heterocycles. The van der Waals surface area contributed by atoms with E-state index in [4.69, 9.17) is 4.74 Å². The van der Waals surface area contributed by atoms with Gasteiger partial charge in [-0.05, 0) is 24.6 Å². The maximum absolute atomic E-state index is 13.7. The van der Waals surface area contributed by atoms with Gasteiger partial charge in [-0.15, -0.1) is 0 Å². The highest BCUT2D eigenvalue weighted by molar-refractivity contribution is 5.82. The van der Waals surface area contributed by atoms with Gasteiger partial charge in [0.15, 0.2) is 17.4 Å². The number of aryl methyl sites for hydroxylation is 1. The molecule has 3 nitrogen and oxygen atoms in total. The van der Waals surface area contributed by atoms with Crippen LogP contribution in [0.2, 0.25) is 0 Å². The van der Waals surface area contributed by atoms with Crippen molar-refractivity contribution in [3.05, 3.63) is 77.4 Å². The molecule has 0 saturated carbocycles. The fraction of sp³-hybridized carbons (Fsp3) is 0.111. The molecule has 0 aliphatic heterocycles. The third kappa shape index (κ3) is 4.85. The Morgan fingerprint density at radius 2 is 1.57 bits per heavy atom. The van der Waals surface area contributed by atoms with E-state index in [0.29, 0.717) is 0 Å². The van der Waals surface area contributed by atoms with Crippen LogP contribution >= 0.6 is 0 Å². The first kappa shape index (κ1) is 16.5. The smallest absolute Gasteiger partial charge is 0.191 e. The summed E-state index contributed by atoms with van der Waals surface area (Å²) >= 11 is 0. The van der Waals surface area contributed by atoms with Gasteiger partial charge in [0.1, 0.15) is 6.61 Å². The summed E-state index contributed by atoms with van der Waals surface area (Å²) in [5, 5.41) is 7.64. The number of halogens is 2. The van der Waals surface area contributed by atoms with Crippen molar-refractivity contribution in [3.8, 4) is 5.75 Å². The fourth-order valence-electron chi connectivity index (χ4n) is 1.79. The first-order chi connectivity index (χ1) is 11.1. The van der Waals surface area contributed by atoms with Gasteiger partial charge in [0.2, 0.25) is 0 Å². The number of hydrogen-bond donors (Lipinski definition) is 0. The van der Waals surface area contributed by atoms with Gasteiger partial charge in [0, 0.05) is 5.56 Å². The molecule has 0 unspecified atom stereocenters. The average Bonchev–Trinajstić information content (AvgIpc) is 2.52. The molecule has 0 amide bonds. The van der Waals surface area contributed by atoms with Gasteiger partial charge >= 0.3 is 0 Å². The van der Waals surface area contributed by atoms with Crippen molar-refractivity contribution in [2.24, 2.45) is 10.2 Å². The van der Waals surface area contributed by atoms with Crippen LogP contribution in [-0.2, 0) is 0 Å². The summed E-state index contributed by atoms with van der Waals surface area (Å²) in [4.78, 5) is 0. The van der Waals surface area contributed by atoms with Crippen LogP contribution in [0.4, 0.5) is 8.78 Å². The first-order valence-corrected chi connectivity index (χ1v) is 6.96. The predicted molar refractivity (Wildman–Crippen MR) is 88.4 cm³/mol. The zero-order valence-electron chi connectivity index (χ0n) is 12.7. The van der Waals surface area contributed by atoms with Crippen molar-refractivity contribution in [1.29, 1.82) is 0 Å². The van der Waals surface area contributed by atoms with Gasteiger partial charge < -0.3 is 4.74 Å². The van der Waals surface area contributed by atoms with Gasteiger partial charge in [0.25, 0.3) is 0 Å². The van der Waals surface area contributed by atoms with Crippen LogP contribution in [0.5, 0.6) is 5.75 Å². The fourth-order valence-corrected chi connectivity index (χ4v) is 1.79. The zero-order valence-corrected chi connectivity index (χ0v) is 12.7. The molecule has 2 aromatic carbocycles. The molecule has 0 aliphatic rings. The van der Waals surface area contributed by atoms with Gasteiger partial charge in [-0.1, -0.05) is 42.5 Å². The monoisotopic (exact) mass is 314 g/mol. The third-order valence-corrected chi connectivity index (χ3v) is 2.92. The van der Waals surface area contributed by atoms with E-state index in [9.17, 15) is 8.78 Å². The van der Waals surface area contributed by atoms with E-state index in [2.05, 4.69) is 16.8 Å². The lowest BCUT2D eigenvalue weighted by molar-refractivity contribution is 0.321. The van der Waals surface area contributed by atoms with E-state index in [0.717, 1.165) is 23.3 Å². The first-order valence-electron chi connectivity index (χ1n) is 6.96.